The van der Waals surface area contributed by atoms with Gasteiger partial charge in [-0.1, -0.05) is 0 Å². The Morgan fingerprint density at radius 1 is 1.18 bits per heavy atom. The van der Waals surface area contributed by atoms with Gasteiger partial charge in [0.2, 0.25) is 0 Å². The zero-order chi connectivity index (χ0) is 15.2. The summed E-state index contributed by atoms with van der Waals surface area (Å²) in [7, 11) is 0. The van der Waals surface area contributed by atoms with Crippen LogP contribution >= 0.6 is 0 Å². The second kappa shape index (κ2) is 7.10. The van der Waals surface area contributed by atoms with Crippen LogP contribution in [0.4, 0.5) is 0 Å². The number of nitriles is 1. The van der Waals surface area contributed by atoms with Crippen LogP contribution in [0.3, 0.4) is 0 Å². The van der Waals surface area contributed by atoms with Crippen molar-refractivity contribution in [2.24, 2.45) is 0 Å². The highest BCUT2D eigenvalue weighted by Crippen LogP contribution is 2.16. The maximum Gasteiger partial charge on any atom is 0.119 e. The lowest BCUT2D eigenvalue weighted by atomic mass is 10.3. The van der Waals surface area contributed by atoms with Gasteiger partial charge in [0.05, 0.1) is 24.1 Å². The number of likely N-dealkylation sites (tertiary alicyclic amines) is 1. The molecule has 1 aliphatic rings. The van der Waals surface area contributed by atoms with Gasteiger partial charge in [-0.3, -0.25) is 0 Å². The van der Waals surface area contributed by atoms with E-state index in [-0.39, 0.29) is 0 Å². The van der Waals surface area contributed by atoms with Crippen molar-refractivity contribution in [3.05, 3.63) is 42.2 Å². The molecule has 0 aliphatic carbocycles. The number of rotatable bonds is 6. The zero-order valence-electron chi connectivity index (χ0n) is 12.6. The van der Waals surface area contributed by atoms with E-state index in [1.54, 1.807) is 17.1 Å². The minimum absolute atomic E-state index is 0.558. The quantitative estimate of drug-likeness (QED) is 0.769. The first-order valence-corrected chi connectivity index (χ1v) is 7.75. The second-order valence-electron chi connectivity index (χ2n) is 5.53. The maximum atomic E-state index is 8.81. The van der Waals surface area contributed by atoms with Gasteiger partial charge >= 0.3 is 0 Å². The standard InChI is InChI=1S/C17H20N4O/c18-12-15-13-19-21(14-15)16-4-6-17(7-5-16)22-11-3-10-20-8-1-2-9-20/h4-7,13-14H,1-3,8-11H2. The third-order valence-electron chi connectivity index (χ3n) is 3.90. The Labute approximate surface area is 130 Å². The smallest absolute Gasteiger partial charge is 0.119 e. The van der Waals surface area contributed by atoms with Crippen molar-refractivity contribution < 1.29 is 4.74 Å². The van der Waals surface area contributed by atoms with Crippen molar-refractivity contribution in [3.63, 3.8) is 0 Å². The second-order valence-corrected chi connectivity index (χ2v) is 5.53. The molecular weight excluding hydrogens is 276 g/mol. The summed E-state index contributed by atoms with van der Waals surface area (Å²) >= 11 is 0. The predicted molar refractivity (Wildman–Crippen MR) is 84.1 cm³/mol. The van der Waals surface area contributed by atoms with Crippen LogP contribution in [0.25, 0.3) is 5.69 Å². The van der Waals surface area contributed by atoms with Crippen molar-refractivity contribution in [2.75, 3.05) is 26.2 Å². The Kier molecular flexibility index (Phi) is 4.71. The van der Waals surface area contributed by atoms with Gasteiger partial charge in [0, 0.05) is 12.7 Å². The Bertz CT molecular complexity index is 635. The molecule has 3 rings (SSSR count). The molecule has 0 unspecified atom stereocenters. The Balaban J connectivity index is 1.47. The molecule has 0 saturated carbocycles. The number of ether oxygens (including phenoxy) is 1. The van der Waals surface area contributed by atoms with Crippen LogP contribution in [0.5, 0.6) is 5.75 Å². The van der Waals surface area contributed by atoms with Crippen molar-refractivity contribution in [3.8, 4) is 17.5 Å². The van der Waals surface area contributed by atoms with Crippen LogP contribution in [0, 0.1) is 11.3 Å². The molecule has 5 nitrogen and oxygen atoms in total. The van der Waals surface area contributed by atoms with Crippen LogP contribution < -0.4 is 4.74 Å². The fraction of sp³-hybridized carbons (Fsp3) is 0.412. The molecule has 0 amide bonds. The molecule has 5 heteroatoms. The topological polar surface area (TPSA) is 54.1 Å². The van der Waals surface area contributed by atoms with Crippen LogP contribution in [0.1, 0.15) is 24.8 Å². The third kappa shape index (κ3) is 3.66. The fourth-order valence-corrected chi connectivity index (χ4v) is 2.70. The first-order chi connectivity index (χ1) is 10.8. The molecule has 0 bridgehead atoms. The van der Waals surface area contributed by atoms with E-state index in [1.165, 1.54) is 25.9 Å². The number of benzene rings is 1. The molecular formula is C17H20N4O. The molecule has 22 heavy (non-hydrogen) atoms. The summed E-state index contributed by atoms with van der Waals surface area (Å²) in [5.74, 6) is 0.873. The summed E-state index contributed by atoms with van der Waals surface area (Å²) in [6.07, 6.45) is 7.01. The molecule has 0 spiro atoms. The van der Waals surface area contributed by atoms with Gasteiger partial charge < -0.3 is 9.64 Å². The Hall–Kier alpha value is -2.32. The average molecular weight is 296 g/mol. The summed E-state index contributed by atoms with van der Waals surface area (Å²) in [5.41, 5.74) is 1.48. The van der Waals surface area contributed by atoms with E-state index in [4.69, 9.17) is 10.00 Å². The lowest BCUT2D eigenvalue weighted by molar-refractivity contribution is 0.263. The van der Waals surface area contributed by atoms with Gasteiger partial charge in [-0.2, -0.15) is 10.4 Å². The molecule has 0 radical (unpaired) electrons. The Morgan fingerprint density at radius 3 is 2.64 bits per heavy atom. The van der Waals surface area contributed by atoms with Gasteiger partial charge in [-0.15, -0.1) is 0 Å². The minimum atomic E-state index is 0.558. The summed E-state index contributed by atoms with van der Waals surface area (Å²) < 4.78 is 7.46. The van der Waals surface area contributed by atoms with Crippen LogP contribution in [0.15, 0.2) is 36.7 Å². The number of hydrogen-bond donors (Lipinski definition) is 0. The fourth-order valence-electron chi connectivity index (χ4n) is 2.70. The lowest BCUT2D eigenvalue weighted by Crippen LogP contribution is -2.21. The van der Waals surface area contributed by atoms with Gasteiger partial charge in [0.25, 0.3) is 0 Å². The summed E-state index contributed by atoms with van der Waals surface area (Å²) in [4.78, 5) is 2.50. The van der Waals surface area contributed by atoms with Crippen molar-refractivity contribution in [2.45, 2.75) is 19.3 Å². The normalized spacial score (nSPS) is 14.9. The molecule has 2 aromatic rings. The van der Waals surface area contributed by atoms with Crippen LogP contribution in [-0.4, -0.2) is 40.9 Å². The monoisotopic (exact) mass is 296 g/mol. The van der Waals surface area contributed by atoms with Crippen molar-refractivity contribution in [1.29, 1.82) is 5.26 Å². The first-order valence-electron chi connectivity index (χ1n) is 7.75. The van der Waals surface area contributed by atoms with Crippen molar-refractivity contribution >= 4 is 0 Å². The average Bonchev–Trinajstić information content (AvgIpc) is 3.23. The van der Waals surface area contributed by atoms with Crippen molar-refractivity contribution in [1.82, 2.24) is 14.7 Å². The van der Waals surface area contributed by atoms with E-state index >= 15 is 0 Å². The summed E-state index contributed by atoms with van der Waals surface area (Å²) in [6.45, 7) is 4.35. The lowest BCUT2D eigenvalue weighted by Gasteiger charge is -2.14. The largest absolute Gasteiger partial charge is 0.494 e. The van der Waals surface area contributed by atoms with Crippen LogP contribution in [-0.2, 0) is 0 Å². The molecule has 0 N–H and O–H groups in total. The first kappa shape index (κ1) is 14.6. The highest BCUT2D eigenvalue weighted by atomic mass is 16.5. The molecule has 1 aromatic carbocycles. The molecule has 2 heterocycles. The van der Waals surface area contributed by atoms with Gasteiger partial charge in [-0.05, 0) is 56.6 Å². The minimum Gasteiger partial charge on any atom is -0.494 e. The highest BCUT2D eigenvalue weighted by molar-refractivity contribution is 5.38. The molecule has 114 valence electrons. The summed E-state index contributed by atoms with van der Waals surface area (Å²) in [6, 6.07) is 9.86. The highest BCUT2D eigenvalue weighted by Gasteiger charge is 2.10. The molecule has 1 aliphatic heterocycles. The molecule has 0 atom stereocenters. The maximum absolute atomic E-state index is 8.81. The predicted octanol–water partition coefficient (Wildman–Crippen LogP) is 2.61. The summed E-state index contributed by atoms with van der Waals surface area (Å²) in [5, 5.41) is 13.0. The Morgan fingerprint density at radius 2 is 1.95 bits per heavy atom. The zero-order valence-corrected chi connectivity index (χ0v) is 12.6. The van der Waals surface area contributed by atoms with E-state index in [9.17, 15) is 0 Å². The molecule has 1 fully saturated rings. The molecule has 1 saturated heterocycles. The van der Waals surface area contributed by atoms with Gasteiger partial charge in [0.1, 0.15) is 11.8 Å². The SMILES string of the molecule is N#Cc1cnn(-c2ccc(OCCCN3CCCC3)cc2)c1. The van der Waals surface area contributed by atoms with Gasteiger partial charge in [-0.25, -0.2) is 4.68 Å². The van der Waals surface area contributed by atoms with Gasteiger partial charge in [0.15, 0.2) is 0 Å². The number of aromatic nitrogens is 2. The van der Waals surface area contributed by atoms with Crippen LogP contribution in [0.2, 0.25) is 0 Å². The number of hydrogen-bond acceptors (Lipinski definition) is 4. The molecule has 1 aromatic heterocycles. The van der Waals surface area contributed by atoms with E-state index in [2.05, 4.69) is 16.1 Å². The van der Waals surface area contributed by atoms with E-state index in [1.807, 2.05) is 24.3 Å². The van der Waals surface area contributed by atoms with E-state index < -0.39 is 0 Å². The third-order valence-corrected chi connectivity index (χ3v) is 3.90. The number of nitrogens with zero attached hydrogens (tertiary/aromatic N) is 4. The van der Waals surface area contributed by atoms with E-state index in [0.717, 1.165) is 31.0 Å². The van der Waals surface area contributed by atoms with E-state index in [0.29, 0.717) is 5.56 Å².